The van der Waals surface area contributed by atoms with Gasteiger partial charge in [-0.3, -0.25) is 0 Å². The molecule has 3 nitrogen and oxygen atoms in total. The van der Waals surface area contributed by atoms with Crippen LogP contribution in [0.1, 0.15) is 24.8 Å². The summed E-state index contributed by atoms with van der Waals surface area (Å²) in [6, 6.07) is 6.02. The lowest BCUT2D eigenvalue weighted by Gasteiger charge is -2.11. The minimum Gasteiger partial charge on any atom is -0.398 e. The highest BCUT2D eigenvalue weighted by atomic mass is 79.9. The first-order valence-electron chi connectivity index (χ1n) is 6.12. The zero-order valence-electron chi connectivity index (χ0n) is 9.92. The van der Waals surface area contributed by atoms with Gasteiger partial charge < -0.3 is 15.8 Å². The standard InChI is InChI=1S/C13H19BrN2O/c14-11-4-3-10(13(15)8-11)9-16-6-5-12-2-1-7-17-12/h3-4,8,12,16H,1-2,5-7,9,15H2. The minimum absolute atomic E-state index is 0.463. The first kappa shape index (κ1) is 12.9. The number of benzene rings is 1. The van der Waals surface area contributed by atoms with Crippen LogP contribution >= 0.6 is 15.9 Å². The Labute approximate surface area is 111 Å². The van der Waals surface area contributed by atoms with E-state index in [1.807, 2.05) is 12.1 Å². The van der Waals surface area contributed by atoms with Gasteiger partial charge >= 0.3 is 0 Å². The van der Waals surface area contributed by atoms with Gasteiger partial charge in [-0.15, -0.1) is 0 Å². The van der Waals surface area contributed by atoms with E-state index < -0.39 is 0 Å². The Kier molecular flexibility index (Phi) is 4.83. The van der Waals surface area contributed by atoms with Crippen molar-refractivity contribution in [2.45, 2.75) is 31.9 Å². The molecule has 0 bridgehead atoms. The third-order valence-corrected chi connectivity index (χ3v) is 3.58. The Morgan fingerprint density at radius 2 is 2.35 bits per heavy atom. The van der Waals surface area contributed by atoms with Crippen LogP contribution in [-0.2, 0) is 11.3 Å². The maximum Gasteiger partial charge on any atom is 0.0588 e. The molecular formula is C13H19BrN2O. The second-order valence-electron chi connectivity index (χ2n) is 4.44. The number of halogens is 1. The quantitative estimate of drug-likeness (QED) is 0.649. The Bertz CT molecular complexity index is 364. The number of nitrogens with one attached hydrogen (secondary N) is 1. The summed E-state index contributed by atoms with van der Waals surface area (Å²) < 4.78 is 6.60. The average molecular weight is 299 g/mol. The molecule has 4 heteroatoms. The Morgan fingerprint density at radius 1 is 1.47 bits per heavy atom. The van der Waals surface area contributed by atoms with E-state index in [4.69, 9.17) is 10.5 Å². The van der Waals surface area contributed by atoms with Crippen molar-refractivity contribution in [3.63, 3.8) is 0 Å². The van der Waals surface area contributed by atoms with E-state index in [0.29, 0.717) is 6.10 Å². The van der Waals surface area contributed by atoms with Crippen molar-refractivity contribution in [3.05, 3.63) is 28.2 Å². The molecule has 1 aromatic carbocycles. The Morgan fingerprint density at radius 3 is 3.06 bits per heavy atom. The summed E-state index contributed by atoms with van der Waals surface area (Å²) in [5.41, 5.74) is 7.92. The highest BCUT2D eigenvalue weighted by Gasteiger charge is 2.14. The second-order valence-corrected chi connectivity index (χ2v) is 5.36. The fraction of sp³-hybridized carbons (Fsp3) is 0.538. The molecule has 1 aromatic rings. The number of hydrogen-bond acceptors (Lipinski definition) is 3. The summed E-state index contributed by atoms with van der Waals surface area (Å²) in [6.07, 6.45) is 3.98. The number of nitrogens with two attached hydrogens (primary N) is 1. The van der Waals surface area contributed by atoms with Crippen molar-refractivity contribution in [2.24, 2.45) is 0 Å². The van der Waals surface area contributed by atoms with Gasteiger partial charge in [-0.05, 0) is 43.5 Å². The normalized spacial score (nSPS) is 19.7. The highest BCUT2D eigenvalue weighted by Crippen LogP contribution is 2.18. The molecule has 1 atom stereocenters. The molecule has 1 aliphatic rings. The predicted octanol–water partition coefficient (Wildman–Crippen LogP) is 2.69. The van der Waals surface area contributed by atoms with Gasteiger partial charge in [-0.1, -0.05) is 22.0 Å². The van der Waals surface area contributed by atoms with E-state index >= 15 is 0 Å². The van der Waals surface area contributed by atoms with Gasteiger partial charge in [0.1, 0.15) is 0 Å². The molecule has 17 heavy (non-hydrogen) atoms. The van der Waals surface area contributed by atoms with Gasteiger partial charge in [0.25, 0.3) is 0 Å². The molecule has 1 fully saturated rings. The van der Waals surface area contributed by atoms with Crippen molar-refractivity contribution in [2.75, 3.05) is 18.9 Å². The number of hydrogen-bond donors (Lipinski definition) is 2. The molecule has 0 aliphatic carbocycles. The molecule has 1 unspecified atom stereocenters. The van der Waals surface area contributed by atoms with E-state index in [9.17, 15) is 0 Å². The van der Waals surface area contributed by atoms with E-state index in [1.165, 1.54) is 12.8 Å². The molecule has 2 rings (SSSR count). The molecule has 1 aliphatic heterocycles. The third kappa shape index (κ3) is 3.98. The second kappa shape index (κ2) is 6.38. The number of nitrogen functional groups attached to an aromatic ring is 1. The minimum atomic E-state index is 0.463. The maximum atomic E-state index is 5.93. The maximum absolute atomic E-state index is 5.93. The number of rotatable bonds is 5. The molecule has 0 saturated carbocycles. The van der Waals surface area contributed by atoms with Gasteiger partial charge in [0.05, 0.1) is 6.10 Å². The van der Waals surface area contributed by atoms with Crippen LogP contribution in [0.5, 0.6) is 0 Å². The van der Waals surface area contributed by atoms with Crippen molar-refractivity contribution < 1.29 is 4.74 Å². The zero-order valence-corrected chi connectivity index (χ0v) is 11.5. The lowest BCUT2D eigenvalue weighted by Crippen LogP contribution is -2.20. The van der Waals surface area contributed by atoms with Crippen LogP contribution in [0.3, 0.4) is 0 Å². The smallest absolute Gasteiger partial charge is 0.0588 e. The lowest BCUT2D eigenvalue weighted by atomic mass is 10.1. The zero-order chi connectivity index (χ0) is 12.1. The third-order valence-electron chi connectivity index (χ3n) is 3.09. The topological polar surface area (TPSA) is 47.3 Å². The van der Waals surface area contributed by atoms with Gasteiger partial charge in [0.15, 0.2) is 0 Å². The molecule has 0 aromatic heterocycles. The van der Waals surface area contributed by atoms with Crippen LogP contribution in [0.15, 0.2) is 22.7 Å². The monoisotopic (exact) mass is 298 g/mol. The molecule has 0 radical (unpaired) electrons. The lowest BCUT2D eigenvalue weighted by molar-refractivity contribution is 0.104. The average Bonchev–Trinajstić information content (AvgIpc) is 2.79. The highest BCUT2D eigenvalue weighted by molar-refractivity contribution is 9.10. The SMILES string of the molecule is Nc1cc(Br)ccc1CNCCC1CCCO1. The number of anilines is 1. The molecule has 1 saturated heterocycles. The van der Waals surface area contributed by atoms with E-state index in [2.05, 4.69) is 27.3 Å². The summed E-state index contributed by atoms with van der Waals surface area (Å²) in [7, 11) is 0. The summed E-state index contributed by atoms with van der Waals surface area (Å²) in [4.78, 5) is 0. The summed E-state index contributed by atoms with van der Waals surface area (Å²) >= 11 is 3.41. The fourth-order valence-electron chi connectivity index (χ4n) is 2.08. The van der Waals surface area contributed by atoms with Crippen molar-refractivity contribution in [1.82, 2.24) is 5.32 Å². The molecule has 94 valence electrons. The van der Waals surface area contributed by atoms with Crippen molar-refractivity contribution in [1.29, 1.82) is 0 Å². The first-order chi connectivity index (χ1) is 8.25. The molecule has 1 heterocycles. The van der Waals surface area contributed by atoms with Crippen molar-refractivity contribution in [3.8, 4) is 0 Å². The van der Waals surface area contributed by atoms with Crippen LogP contribution < -0.4 is 11.1 Å². The fourth-order valence-corrected chi connectivity index (χ4v) is 2.46. The van der Waals surface area contributed by atoms with E-state index in [1.54, 1.807) is 0 Å². The summed E-state index contributed by atoms with van der Waals surface area (Å²) in [5, 5.41) is 3.41. The predicted molar refractivity (Wildman–Crippen MR) is 73.9 cm³/mol. The first-order valence-corrected chi connectivity index (χ1v) is 6.91. The molecular weight excluding hydrogens is 280 g/mol. The van der Waals surface area contributed by atoms with Gasteiger partial charge in [-0.25, -0.2) is 0 Å². The van der Waals surface area contributed by atoms with Crippen LogP contribution in [-0.4, -0.2) is 19.3 Å². The summed E-state index contributed by atoms with van der Waals surface area (Å²) in [5.74, 6) is 0. The van der Waals surface area contributed by atoms with Crippen molar-refractivity contribution >= 4 is 21.6 Å². The number of ether oxygens (including phenoxy) is 1. The van der Waals surface area contributed by atoms with E-state index in [-0.39, 0.29) is 0 Å². The van der Waals surface area contributed by atoms with E-state index in [0.717, 1.165) is 41.8 Å². The molecule has 0 spiro atoms. The largest absolute Gasteiger partial charge is 0.398 e. The van der Waals surface area contributed by atoms with Crippen LogP contribution in [0.2, 0.25) is 0 Å². The van der Waals surface area contributed by atoms with Gasteiger partial charge in [0.2, 0.25) is 0 Å². The molecule has 0 amide bonds. The van der Waals surface area contributed by atoms with Crippen LogP contribution in [0, 0.1) is 0 Å². The van der Waals surface area contributed by atoms with Crippen LogP contribution in [0.4, 0.5) is 5.69 Å². The van der Waals surface area contributed by atoms with Gasteiger partial charge in [-0.2, -0.15) is 0 Å². The summed E-state index contributed by atoms with van der Waals surface area (Å²) in [6.45, 7) is 2.75. The van der Waals surface area contributed by atoms with Gasteiger partial charge in [0, 0.05) is 23.3 Å². The van der Waals surface area contributed by atoms with Crippen LogP contribution in [0.25, 0.3) is 0 Å². The Hall–Kier alpha value is -0.580. The Balaban J connectivity index is 1.70. The molecule has 3 N–H and O–H groups in total.